The second-order valence-electron chi connectivity index (χ2n) is 7.41. The smallest absolute Gasteiger partial charge is 0.341 e. The Labute approximate surface area is 221 Å². The van der Waals surface area contributed by atoms with Crippen LogP contribution < -0.4 is 14.9 Å². The normalized spacial score (nSPS) is 16.4. The summed E-state index contributed by atoms with van der Waals surface area (Å²) in [7, 11) is -3.87. The molecule has 1 saturated heterocycles. The number of amides is 1. The Bertz CT molecular complexity index is 1220. The summed E-state index contributed by atoms with van der Waals surface area (Å²) in [5.41, 5.74) is 2.98. The highest BCUT2D eigenvalue weighted by molar-refractivity contribution is 14.1. The molecule has 0 aromatic heterocycles. The van der Waals surface area contributed by atoms with E-state index in [-0.39, 0.29) is 11.4 Å². The van der Waals surface area contributed by atoms with Crippen molar-refractivity contribution < 1.29 is 32.6 Å². The van der Waals surface area contributed by atoms with Crippen molar-refractivity contribution in [1.82, 2.24) is 9.73 Å². The van der Waals surface area contributed by atoms with Crippen molar-refractivity contribution in [3.63, 3.8) is 0 Å². The summed E-state index contributed by atoms with van der Waals surface area (Å²) in [4.78, 5) is 23.7. The Hall–Kier alpha value is -2.42. The minimum absolute atomic E-state index is 0.0633. The zero-order valence-corrected chi connectivity index (χ0v) is 22.3. The third-order valence-corrected chi connectivity index (χ3v) is 7.96. The molecule has 1 atom stereocenters. The van der Waals surface area contributed by atoms with Gasteiger partial charge in [0.15, 0.2) is 18.1 Å². The standard InChI is InChI=1S/C22H23ClIN3O7S/c1-2-33-19-11-14(10-17(24)21(19)34-13-20(28)29)12-25-26-22(30)18-4-3-9-27(18)35(31,32)16-7-5-15(23)6-8-16/h5-8,10-12,18H,2-4,9,13H2,1H3,(H,26,30)(H,28,29)/b25-12-/t18-/m1/s1. The maximum Gasteiger partial charge on any atom is 0.341 e. The lowest BCUT2D eigenvalue weighted by Gasteiger charge is -2.22. The van der Waals surface area contributed by atoms with Crippen molar-refractivity contribution in [2.45, 2.75) is 30.7 Å². The second kappa shape index (κ2) is 12.0. The van der Waals surface area contributed by atoms with E-state index in [2.05, 4.69) is 10.5 Å². The number of hydrazone groups is 1. The highest BCUT2D eigenvalue weighted by Gasteiger charge is 2.39. The SMILES string of the molecule is CCOc1cc(/C=N\NC(=O)[C@H]2CCCN2S(=O)(=O)c2ccc(Cl)cc2)cc(I)c1OCC(=O)O. The van der Waals surface area contributed by atoms with Gasteiger partial charge < -0.3 is 14.6 Å². The number of nitrogens with one attached hydrogen (secondary N) is 1. The molecule has 0 bridgehead atoms. The number of rotatable bonds is 10. The minimum atomic E-state index is -3.87. The first-order chi connectivity index (χ1) is 16.6. The quantitative estimate of drug-likeness (QED) is 0.233. The summed E-state index contributed by atoms with van der Waals surface area (Å²) >= 11 is 7.84. The fourth-order valence-electron chi connectivity index (χ4n) is 3.48. The van der Waals surface area contributed by atoms with E-state index in [0.717, 1.165) is 0 Å². The lowest BCUT2D eigenvalue weighted by atomic mass is 10.2. The molecular weight excluding hydrogens is 613 g/mol. The van der Waals surface area contributed by atoms with Gasteiger partial charge in [-0.1, -0.05) is 11.6 Å². The van der Waals surface area contributed by atoms with E-state index in [9.17, 15) is 18.0 Å². The van der Waals surface area contributed by atoms with Crippen molar-refractivity contribution in [2.75, 3.05) is 19.8 Å². The predicted octanol–water partition coefficient (Wildman–Crippen LogP) is 3.11. The first-order valence-corrected chi connectivity index (χ1v) is 13.4. The number of carboxylic acid groups (broad SMARTS) is 1. The van der Waals surface area contributed by atoms with Crippen LogP contribution in [0.25, 0.3) is 0 Å². The van der Waals surface area contributed by atoms with Gasteiger partial charge in [-0.2, -0.15) is 9.41 Å². The average Bonchev–Trinajstić information content (AvgIpc) is 3.30. The van der Waals surface area contributed by atoms with Crippen molar-refractivity contribution in [3.8, 4) is 11.5 Å². The average molecular weight is 636 g/mol. The number of carboxylic acids is 1. The lowest BCUT2D eigenvalue weighted by molar-refractivity contribution is -0.139. The summed E-state index contributed by atoms with van der Waals surface area (Å²) in [5.74, 6) is -1.03. The number of aliphatic carboxylic acids is 1. The molecule has 1 heterocycles. The molecule has 1 aliphatic heterocycles. The number of carbonyl (C=O) groups is 2. The third-order valence-electron chi connectivity index (χ3n) is 4.99. The van der Waals surface area contributed by atoms with Gasteiger partial charge in [-0.25, -0.2) is 18.6 Å². The molecule has 188 valence electrons. The number of carbonyl (C=O) groups excluding carboxylic acids is 1. The second-order valence-corrected chi connectivity index (χ2v) is 10.9. The third kappa shape index (κ3) is 6.84. The Morgan fingerprint density at radius 1 is 1.29 bits per heavy atom. The van der Waals surface area contributed by atoms with Gasteiger partial charge in [0.2, 0.25) is 10.0 Å². The summed E-state index contributed by atoms with van der Waals surface area (Å²) in [6.45, 7) is 1.81. The monoisotopic (exact) mass is 635 g/mol. The van der Waals surface area contributed by atoms with Gasteiger partial charge in [0.1, 0.15) is 6.04 Å². The summed E-state index contributed by atoms with van der Waals surface area (Å²) in [6, 6.07) is 8.18. The van der Waals surface area contributed by atoms with Crippen LogP contribution in [0, 0.1) is 3.57 Å². The van der Waals surface area contributed by atoms with Crippen molar-refractivity contribution >= 4 is 62.3 Å². The van der Waals surface area contributed by atoms with Crippen LogP contribution in [0.2, 0.25) is 5.02 Å². The van der Waals surface area contributed by atoms with Crippen molar-refractivity contribution in [2.24, 2.45) is 5.10 Å². The number of nitrogens with zero attached hydrogens (tertiary/aromatic N) is 2. The molecular formula is C22H23ClIN3O7S. The van der Waals surface area contributed by atoms with Crippen LogP contribution in [0.3, 0.4) is 0 Å². The molecule has 1 aliphatic rings. The number of hydrogen-bond donors (Lipinski definition) is 2. The van der Waals surface area contributed by atoms with Gasteiger partial charge in [-0.05, 0) is 84.3 Å². The molecule has 0 unspecified atom stereocenters. The molecule has 1 amide bonds. The number of ether oxygens (including phenoxy) is 2. The Morgan fingerprint density at radius 3 is 2.66 bits per heavy atom. The molecule has 0 aliphatic carbocycles. The van der Waals surface area contributed by atoms with E-state index in [1.165, 1.54) is 34.8 Å². The number of hydrogen-bond acceptors (Lipinski definition) is 7. The van der Waals surface area contributed by atoms with Crippen LogP contribution in [-0.4, -0.2) is 61.7 Å². The first kappa shape index (κ1) is 27.2. The number of benzene rings is 2. The lowest BCUT2D eigenvalue weighted by Crippen LogP contribution is -2.44. The van der Waals surface area contributed by atoms with E-state index >= 15 is 0 Å². The van der Waals surface area contributed by atoms with Crippen molar-refractivity contribution in [3.05, 3.63) is 50.6 Å². The minimum Gasteiger partial charge on any atom is -0.490 e. The van der Waals surface area contributed by atoms with E-state index in [1.807, 2.05) is 22.6 Å². The van der Waals surface area contributed by atoms with E-state index in [1.54, 1.807) is 19.1 Å². The maximum atomic E-state index is 13.0. The number of sulfonamides is 1. The van der Waals surface area contributed by atoms with Gasteiger partial charge in [0.05, 0.1) is 21.3 Å². The number of halogens is 2. The maximum absolute atomic E-state index is 13.0. The zero-order valence-electron chi connectivity index (χ0n) is 18.6. The molecule has 2 N–H and O–H groups in total. The van der Waals surface area contributed by atoms with E-state index < -0.39 is 34.5 Å². The summed E-state index contributed by atoms with van der Waals surface area (Å²) < 4.78 is 38.7. The molecule has 2 aromatic carbocycles. The molecule has 3 rings (SSSR count). The summed E-state index contributed by atoms with van der Waals surface area (Å²) in [5, 5.41) is 13.3. The molecule has 1 fully saturated rings. The molecule has 13 heteroatoms. The van der Waals surface area contributed by atoms with E-state index in [0.29, 0.717) is 45.1 Å². The molecule has 0 radical (unpaired) electrons. The van der Waals surface area contributed by atoms with Gasteiger partial charge in [0, 0.05) is 11.6 Å². The first-order valence-electron chi connectivity index (χ1n) is 10.5. The van der Waals surface area contributed by atoms with Crippen LogP contribution in [0.5, 0.6) is 11.5 Å². The van der Waals surface area contributed by atoms with Crippen LogP contribution in [0.4, 0.5) is 0 Å². The zero-order chi connectivity index (χ0) is 25.6. The fraction of sp³-hybridized carbons (Fsp3) is 0.318. The fourth-order valence-corrected chi connectivity index (χ4v) is 6.04. The Kier molecular flexibility index (Phi) is 9.33. The van der Waals surface area contributed by atoms with Gasteiger partial charge >= 0.3 is 5.97 Å². The van der Waals surface area contributed by atoms with Gasteiger partial charge in [-0.15, -0.1) is 0 Å². The van der Waals surface area contributed by atoms with E-state index in [4.69, 9.17) is 26.2 Å². The molecule has 2 aromatic rings. The van der Waals surface area contributed by atoms with Crippen LogP contribution in [-0.2, 0) is 19.6 Å². The van der Waals surface area contributed by atoms with Gasteiger partial charge in [0.25, 0.3) is 5.91 Å². The molecule has 0 spiro atoms. The highest BCUT2D eigenvalue weighted by atomic mass is 127. The van der Waals surface area contributed by atoms with Crippen molar-refractivity contribution in [1.29, 1.82) is 0 Å². The Balaban J connectivity index is 1.72. The molecule has 10 nitrogen and oxygen atoms in total. The van der Waals surface area contributed by atoms with Crippen LogP contribution >= 0.6 is 34.2 Å². The van der Waals surface area contributed by atoms with Crippen LogP contribution in [0.15, 0.2) is 46.4 Å². The molecule has 35 heavy (non-hydrogen) atoms. The highest BCUT2D eigenvalue weighted by Crippen LogP contribution is 2.34. The topological polar surface area (TPSA) is 135 Å². The Morgan fingerprint density at radius 2 is 2.00 bits per heavy atom. The van der Waals surface area contributed by atoms with Gasteiger partial charge in [-0.3, -0.25) is 4.79 Å². The summed E-state index contributed by atoms with van der Waals surface area (Å²) in [6.07, 6.45) is 2.30. The molecule has 0 saturated carbocycles. The predicted molar refractivity (Wildman–Crippen MR) is 138 cm³/mol. The largest absolute Gasteiger partial charge is 0.490 e. The van der Waals surface area contributed by atoms with Crippen LogP contribution in [0.1, 0.15) is 25.3 Å².